The van der Waals surface area contributed by atoms with Gasteiger partial charge in [-0.15, -0.1) is 5.10 Å². The molecule has 0 aliphatic carbocycles. The van der Waals surface area contributed by atoms with Gasteiger partial charge in [0.05, 0.1) is 23.2 Å². The molecular formula is C22H25N5O4. The Hall–Kier alpha value is -3.75. The molecule has 0 bridgehead atoms. The number of amides is 2. The quantitative estimate of drug-likeness (QED) is 0.280. The monoisotopic (exact) mass is 423 g/mol. The van der Waals surface area contributed by atoms with Crippen LogP contribution in [0.1, 0.15) is 58.6 Å². The van der Waals surface area contributed by atoms with Crippen LogP contribution in [0.2, 0.25) is 0 Å². The molecule has 9 heteroatoms. The van der Waals surface area contributed by atoms with E-state index in [2.05, 4.69) is 25.8 Å². The van der Waals surface area contributed by atoms with E-state index in [1.807, 2.05) is 19.1 Å². The number of rotatable bonds is 9. The number of benzene rings is 1. The predicted octanol–water partition coefficient (Wildman–Crippen LogP) is 2.78. The second-order valence-corrected chi connectivity index (χ2v) is 7.32. The van der Waals surface area contributed by atoms with E-state index < -0.39 is 5.97 Å². The summed E-state index contributed by atoms with van der Waals surface area (Å²) in [5.74, 6) is -1.31. The molecular weight excluding hydrogens is 398 g/mol. The molecule has 2 amide bonds. The molecule has 9 nitrogen and oxygen atoms in total. The lowest BCUT2D eigenvalue weighted by molar-refractivity contribution is -0.137. The van der Waals surface area contributed by atoms with Gasteiger partial charge in [0.1, 0.15) is 0 Å². The number of hydrogen-bond acceptors (Lipinski definition) is 5. The first-order chi connectivity index (χ1) is 14.9. The van der Waals surface area contributed by atoms with Crippen molar-refractivity contribution >= 4 is 35.4 Å². The highest BCUT2D eigenvalue weighted by atomic mass is 16.4. The van der Waals surface area contributed by atoms with E-state index in [0.717, 1.165) is 18.4 Å². The average molecular weight is 423 g/mol. The Labute approximate surface area is 179 Å². The lowest BCUT2D eigenvalue weighted by Gasteiger charge is -2.05. The number of anilines is 1. The molecule has 1 aromatic carbocycles. The van der Waals surface area contributed by atoms with Gasteiger partial charge in [-0.1, -0.05) is 24.6 Å². The molecule has 2 heterocycles. The van der Waals surface area contributed by atoms with E-state index in [1.54, 1.807) is 19.1 Å². The fourth-order valence-electron chi connectivity index (χ4n) is 3.46. The first-order valence-electron chi connectivity index (χ1n) is 10.1. The molecule has 0 spiro atoms. The van der Waals surface area contributed by atoms with Gasteiger partial charge >= 0.3 is 5.97 Å². The number of unbranched alkanes of at least 4 members (excludes halogenated alkanes) is 2. The van der Waals surface area contributed by atoms with Crippen molar-refractivity contribution in [1.82, 2.24) is 10.3 Å². The van der Waals surface area contributed by atoms with E-state index in [-0.39, 0.29) is 23.9 Å². The number of hydrogen-bond donors (Lipinski definition) is 4. The van der Waals surface area contributed by atoms with Crippen molar-refractivity contribution < 1.29 is 19.5 Å². The smallest absolute Gasteiger partial charge is 0.303 e. The first kappa shape index (κ1) is 21.9. The maximum Gasteiger partial charge on any atom is 0.303 e. The third kappa shape index (κ3) is 5.25. The fourth-order valence-corrected chi connectivity index (χ4v) is 3.46. The Kier molecular flexibility index (Phi) is 6.96. The van der Waals surface area contributed by atoms with Gasteiger partial charge in [0.25, 0.3) is 11.8 Å². The Balaban J connectivity index is 1.63. The summed E-state index contributed by atoms with van der Waals surface area (Å²) in [6.07, 6.45) is 3.69. The molecule has 0 fully saturated rings. The van der Waals surface area contributed by atoms with Gasteiger partial charge in [0.15, 0.2) is 5.71 Å². The Bertz CT molecular complexity index is 1070. The maximum absolute atomic E-state index is 12.6. The molecule has 162 valence electrons. The minimum Gasteiger partial charge on any atom is -0.481 e. The van der Waals surface area contributed by atoms with E-state index in [4.69, 9.17) is 5.11 Å². The zero-order valence-corrected chi connectivity index (χ0v) is 17.5. The average Bonchev–Trinajstić information content (AvgIpc) is 3.19. The van der Waals surface area contributed by atoms with Crippen molar-refractivity contribution in [3.8, 4) is 0 Å². The zero-order valence-electron chi connectivity index (χ0n) is 17.5. The zero-order chi connectivity index (χ0) is 22.4. The van der Waals surface area contributed by atoms with Crippen molar-refractivity contribution in [3.05, 3.63) is 52.3 Å². The largest absolute Gasteiger partial charge is 0.481 e. The highest BCUT2D eigenvalue weighted by Gasteiger charge is 2.25. The maximum atomic E-state index is 12.6. The number of carboxylic acid groups (broad SMARTS) is 1. The minimum atomic E-state index is -0.806. The van der Waals surface area contributed by atoms with E-state index in [1.165, 1.54) is 6.21 Å². The van der Waals surface area contributed by atoms with E-state index >= 15 is 0 Å². The summed E-state index contributed by atoms with van der Waals surface area (Å²) < 4.78 is 0. The Morgan fingerprint density at radius 3 is 2.71 bits per heavy atom. The van der Waals surface area contributed by atoms with E-state index in [9.17, 15) is 14.4 Å². The van der Waals surface area contributed by atoms with Gasteiger partial charge < -0.3 is 20.7 Å². The van der Waals surface area contributed by atoms with Crippen LogP contribution in [-0.2, 0) is 9.59 Å². The third-order valence-electron chi connectivity index (χ3n) is 5.05. The number of para-hydroxylation sites is 1. The first-order valence-corrected chi connectivity index (χ1v) is 10.1. The molecule has 0 saturated carbocycles. The van der Waals surface area contributed by atoms with Gasteiger partial charge in [-0.25, -0.2) is 0 Å². The highest BCUT2D eigenvalue weighted by molar-refractivity contribution is 6.53. The van der Waals surface area contributed by atoms with Crippen LogP contribution in [0.3, 0.4) is 0 Å². The number of fused-ring (bicyclic) bond motifs is 1. The lowest BCUT2D eigenvalue weighted by atomic mass is 10.1. The van der Waals surface area contributed by atoms with Gasteiger partial charge in [0, 0.05) is 24.2 Å². The molecule has 3 rings (SSSR count). The SMILES string of the molecule is Cc1[nH]c(/C=N/N=C2\C(=O)Nc3ccccc32)c(C)c1C(=O)NCCCCCC(=O)O. The summed E-state index contributed by atoms with van der Waals surface area (Å²) >= 11 is 0. The molecule has 0 unspecified atom stereocenters. The predicted molar refractivity (Wildman–Crippen MR) is 118 cm³/mol. The molecule has 31 heavy (non-hydrogen) atoms. The van der Waals surface area contributed by atoms with Crippen molar-refractivity contribution in [1.29, 1.82) is 0 Å². The van der Waals surface area contributed by atoms with Gasteiger partial charge in [-0.3, -0.25) is 14.4 Å². The van der Waals surface area contributed by atoms with Crippen LogP contribution in [0.25, 0.3) is 0 Å². The summed E-state index contributed by atoms with van der Waals surface area (Å²) in [5, 5.41) is 22.4. The third-order valence-corrected chi connectivity index (χ3v) is 5.05. The Morgan fingerprint density at radius 2 is 1.94 bits per heavy atom. The molecule has 1 aromatic heterocycles. The molecule has 2 aromatic rings. The number of carbonyl (C=O) groups excluding carboxylic acids is 2. The number of carboxylic acids is 1. The molecule has 0 saturated heterocycles. The van der Waals surface area contributed by atoms with Crippen LogP contribution in [0, 0.1) is 13.8 Å². The Morgan fingerprint density at radius 1 is 1.16 bits per heavy atom. The van der Waals surface area contributed by atoms with E-state index in [0.29, 0.717) is 41.2 Å². The van der Waals surface area contributed by atoms with Crippen LogP contribution < -0.4 is 10.6 Å². The standard InChI is InChI=1S/C22H25N5O4/c1-13-17(12-24-27-20-15-8-5-6-9-16(15)26-22(20)31)25-14(2)19(13)21(30)23-11-7-3-4-10-18(28)29/h5-6,8-9,12,25H,3-4,7,10-11H2,1-2H3,(H,23,30)(H,28,29)(H,26,27,31)/b24-12+. The number of nitrogens with zero attached hydrogens (tertiary/aromatic N) is 2. The topological polar surface area (TPSA) is 136 Å². The van der Waals surface area contributed by atoms with Crippen LogP contribution in [0.15, 0.2) is 34.5 Å². The van der Waals surface area contributed by atoms with Crippen molar-refractivity contribution in [3.63, 3.8) is 0 Å². The van der Waals surface area contributed by atoms with Crippen molar-refractivity contribution in [2.24, 2.45) is 10.2 Å². The summed E-state index contributed by atoms with van der Waals surface area (Å²) in [6, 6.07) is 7.26. The van der Waals surface area contributed by atoms with Gasteiger partial charge in [-0.05, 0) is 38.3 Å². The number of aliphatic carboxylic acids is 1. The molecule has 4 N–H and O–H groups in total. The molecule has 0 radical (unpaired) electrons. The lowest BCUT2D eigenvalue weighted by Crippen LogP contribution is -2.25. The second-order valence-electron chi connectivity index (χ2n) is 7.32. The normalized spacial score (nSPS) is 14.1. The van der Waals surface area contributed by atoms with Crippen LogP contribution >= 0.6 is 0 Å². The summed E-state index contributed by atoms with van der Waals surface area (Å²) in [5.41, 5.74) is 4.28. The van der Waals surface area contributed by atoms with Crippen LogP contribution in [0.5, 0.6) is 0 Å². The second kappa shape index (κ2) is 9.84. The number of aryl methyl sites for hydroxylation is 1. The number of H-pyrrole nitrogens is 1. The van der Waals surface area contributed by atoms with Gasteiger partial charge in [-0.2, -0.15) is 5.10 Å². The highest BCUT2D eigenvalue weighted by Crippen LogP contribution is 2.23. The molecule has 0 atom stereocenters. The molecule has 1 aliphatic heterocycles. The van der Waals surface area contributed by atoms with Gasteiger partial charge in [0.2, 0.25) is 0 Å². The summed E-state index contributed by atoms with van der Waals surface area (Å²) in [6.45, 7) is 4.10. The van der Waals surface area contributed by atoms with Crippen LogP contribution in [-0.4, -0.2) is 46.3 Å². The minimum absolute atomic E-state index is 0.143. The summed E-state index contributed by atoms with van der Waals surface area (Å²) in [7, 11) is 0. The van der Waals surface area contributed by atoms with Crippen LogP contribution in [0.4, 0.5) is 5.69 Å². The van der Waals surface area contributed by atoms with Crippen molar-refractivity contribution in [2.75, 3.05) is 11.9 Å². The number of aromatic nitrogens is 1. The van der Waals surface area contributed by atoms with Crippen molar-refractivity contribution in [2.45, 2.75) is 39.5 Å². The number of aromatic amines is 1. The molecule has 1 aliphatic rings. The summed E-state index contributed by atoms with van der Waals surface area (Å²) in [4.78, 5) is 38.3. The number of carbonyl (C=O) groups is 3. The fraction of sp³-hybridized carbons (Fsp3) is 0.318. The number of nitrogens with one attached hydrogen (secondary N) is 3.